The van der Waals surface area contributed by atoms with Gasteiger partial charge in [0.25, 0.3) is 0 Å². The molecule has 4 heteroatoms. The Morgan fingerprint density at radius 1 is 1.47 bits per heavy atom. The van der Waals surface area contributed by atoms with Gasteiger partial charge in [-0.15, -0.1) is 0 Å². The van der Waals surface area contributed by atoms with E-state index in [0.29, 0.717) is 6.04 Å². The Bertz CT molecular complexity index is 197. The van der Waals surface area contributed by atoms with Gasteiger partial charge < -0.3 is 10.1 Å². The van der Waals surface area contributed by atoms with E-state index in [9.17, 15) is 0 Å². The Labute approximate surface area is 97.1 Å². The molecule has 1 heterocycles. The molecule has 0 aromatic heterocycles. The highest BCUT2D eigenvalue weighted by Crippen LogP contribution is 2.15. The number of hydrogen-bond acceptors (Lipinski definition) is 3. The highest BCUT2D eigenvalue weighted by atomic mass is 32.2. The van der Waals surface area contributed by atoms with Crippen LogP contribution in [0.1, 0.15) is 33.1 Å². The summed E-state index contributed by atoms with van der Waals surface area (Å²) in [7, 11) is 0. The molecule has 0 spiro atoms. The molecule has 1 aliphatic rings. The van der Waals surface area contributed by atoms with E-state index in [-0.39, 0.29) is 0 Å². The summed E-state index contributed by atoms with van der Waals surface area (Å²) in [6.07, 6.45) is 3.53. The molecule has 1 rings (SSSR count). The maximum Gasteiger partial charge on any atom is 0.156 e. The van der Waals surface area contributed by atoms with Crippen LogP contribution < -0.4 is 5.32 Å². The maximum atomic E-state index is 5.44. The van der Waals surface area contributed by atoms with E-state index >= 15 is 0 Å². The summed E-state index contributed by atoms with van der Waals surface area (Å²) < 4.78 is 5.44. The van der Waals surface area contributed by atoms with Crippen molar-refractivity contribution in [2.24, 2.45) is 4.99 Å². The van der Waals surface area contributed by atoms with Crippen molar-refractivity contribution in [2.45, 2.75) is 39.2 Å². The lowest BCUT2D eigenvalue weighted by Gasteiger charge is -2.05. The van der Waals surface area contributed by atoms with Crippen LogP contribution >= 0.6 is 11.8 Å². The van der Waals surface area contributed by atoms with Crippen LogP contribution in [0.15, 0.2) is 4.99 Å². The lowest BCUT2D eigenvalue weighted by atomic mass is 10.3. The molecule has 15 heavy (non-hydrogen) atoms. The van der Waals surface area contributed by atoms with Crippen LogP contribution in [0.5, 0.6) is 0 Å². The average Bonchev–Trinajstić information content (AvgIpc) is 2.71. The number of hydrogen-bond donors (Lipinski definition) is 1. The lowest BCUT2D eigenvalue weighted by Crippen LogP contribution is -2.26. The van der Waals surface area contributed by atoms with E-state index in [1.807, 2.05) is 11.8 Å². The minimum Gasteiger partial charge on any atom is -0.380 e. The van der Waals surface area contributed by atoms with Crippen molar-refractivity contribution in [2.75, 3.05) is 25.5 Å². The highest BCUT2D eigenvalue weighted by molar-refractivity contribution is 8.14. The average molecular weight is 230 g/mol. The van der Waals surface area contributed by atoms with E-state index in [1.165, 1.54) is 12.8 Å². The Morgan fingerprint density at radius 2 is 2.33 bits per heavy atom. The van der Waals surface area contributed by atoms with Gasteiger partial charge >= 0.3 is 0 Å². The van der Waals surface area contributed by atoms with E-state index in [4.69, 9.17) is 4.74 Å². The van der Waals surface area contributed by atoms with Gasteiger partial charge in [0, 0.05) is 18.4 Å². The number of thioether (sulfide) groups is 1. The molecule has 0 amide bonds. The summed E-state index contributed by atoms with van der Waals surface area (Å²) in [6, 6.07) is 0.620. The van der Waals surface area contributed by atoms with Crippen molar-refractivity contribution in [3.63, 3.8) is 0 Å². The molecular weight excluding hydrogens is 208 g/mol. The van der Waals surface area contributed by atoms with Gasteiger partial charge in [0.2, 0.25) is 0 Å². The molecule has 1 aliphatic heterocycles. The molecule has 3 nitrogen and oxygen atoms in total. The Morgan fingerprint density at radius 3 is 3.00 bits per heavy atom. The summed E-state index contributed by atoms with van der Waals surface area (Å²) in [6.45, 7) is 6.79. The molecule has 1 unspecified atom stereocenters. The third kappa shape index (κ3) is 5.42. The first-order valence-corrected chi connectivity index (χ1v) is 6.86. The van der Waals surface area contributed by atoms with Gasteiger partial charge in [-0.3, -0.25) is 4.99 Å². The molecular formula is C11H22N2OS. The fourth-order valence-corrected chi connectivity index (χ4v) is 2.42. The fourth-order valence-electron chi connectivity index (χ4n) is 1.31. The van der Waals surface area contributed by atoms with Gasteiger partial charge in [-0.25, -0.2) is 0 Å². The molecule has 88 valence electrons. The topological polar surface area (TPSA) is 33.6 Å². The van der Waals surface area contributed by atoms with Gasteiger partial charge in [0.15, 0.2) is 5.17 Å². The molecule has 0 aromatic rings. The van der Waals surface area contributed by atoms with Gasteiger partial charge in [0.1, 0.15) is 0 Å². The molecule has 1 saturated heterocycles. The predicted octanol–water partition coefficient (Wildman–Crippen LogP) is 2.27. The third-order valence-electron chi connectivity index (χ3n) is 2.37. The summed E-state index contributed by atoms with van der Waals surface area (Å²) in [5.41, 5.74) is 0. The third-order valence-corrected chi connectivity index (χ3v) is 3.46. The van der Waals surface area contributed by atoms with Crippen molar-refractivity contribution < 1.29 is 4.74 Å². The SMILES string of the molecule is CCCCOCCN=C1NC(CC)CS1. The molecule has 0 saturated carbocycles. The van der Waals surface area contributed by atoms with Crippen molar-refractivity contribution in [1.82, 2.24) is 5.32 Å². The Balaban J connectivity index is 2.01. The van der Waals surface area contributed by atoms with Crippen molar-refractivity contribution in [3.8, 4) is 0 Å². The molecule has 1 atom stereocenters. The number of amidine groups is 1. The van der Waals surface area contributed by atoms with Gasteiger partial charge in [-0.1, -0.05) is 32.0 Å². The Hall–Kier alpha value is -0.220. The van der Waals surface area contributed by atoms with E-state index in [0.717, 1.165) is 37.1 Å². The summed E-state index contributed by atoms with van der Waals surface area (Å²) in [5.74, 6) is 1.16. The number of nitrogens with one attached hydrogen (secondary N) is 1. The number of aliphatic imine (C=N–C) groups is 1. The fraction of sp³-hybridized carbons (Fsp3) is 0.909. The molecule has 0 aliphatic carbocycles. The van der Waals surface area contributed by atoms with Crippen molar-refractivity contribution >= 4 is 16.9 Å². The molecule has 1 N–H and O–H groups in total. The van der Waals surface area contributed by atoms with Crippen LogP contribution in [0.3, 0.4) is 0 Å². The number of ether oxygens (including phenoxy) is 1. The first-order valence-electron chi connectivity index (χ1n) is 5.88. The standard InChI is InChI=1S/C11H22N2OS/c1-3-5-7-14-8-6-12-11-13-10(4-2)9-15-11/h10H,3-9H2,1-2H3,(H,12,13). The van der Waals surface area contributed by atoms with Crippen LogP contribution in [-0.4, -0.2) is 36.7 Å². The van der Waals surface area contributed by atoms with E-state index < -0.39 is 0 Å². The molecule has 0 radical (unpaired) electrons. The largest absolute Gasteiger partial charge is 0.380 e. The minimum absolute atomic E-state index is 0.620. The second-order valence-corrected chi connectivity index (χ2v) is 4.72. The first kappa shape index (κ1) is 12.8. The minimum atomic E-state index is 0.620. The monoisotopic (exact) mass is 230 g/mol. The van der Waals surface area contributed by atoms with Gasteiger partial charge in [0.05, 0.1) is 13.2 Å². The number of rotatable bonds is 7. The smallest absolute Gasteiger partial charge is 0.156 e. The van der Waals surface area contributed by atoms with Crippen LogP contribution in [0.2, 0.25) is 0 Å². The van der Waals surface area contributed by atoms with Crippen LogP contribution in [0.25, 0.3) is 0 Å². The zero-order chi connectivity index (χ0) is 10.9. The predicted molar refractivity (Wildman–Crippen MR) is 67.7 cm³/mol. The summed E-state index contributed by atoms with van der Waals surface area (Å²) in [4.78, 5) is 4.46. The summed E-state index contributed by atoms with van der Waals surface area (Å²) in [5, 5.41) is 4.50. The maximum absolute atomic E-state index is 5.44. The highest BCUT2D eigenvalue weighted by Gasteiger charge is 2.17. The zero-order valence-electron chi connectivity index (χ0n) is 9.79. The van der Waals surface area contributed by atoms with Crippen LogP contribution in [0.4, 0.5) is 0 Å². The van der Waals surface area contributed by atoms with Crippen LogP contribution in [-0.2, 0) is 4.74 Å². The van der Waals surface area contributed by atoms with E-state index in [1.54, 1.807) is 0 Å². The normalized spacial score (nSPS) is 23.3. The summed E-state index contributed by atoms with van der Waals surface area (Å²) >= 11 is 1.83. The quantitative estimate of drug-likeness (QED) is 0.681. The van der Waals surface area contributed by atoms with Crippen molar-refractivity contribution in [1.29, 1.82) is 0 Å². The molecule has 1 fully saturated rings. The molecule has 0 bridgehead atoms. The van der Waals surface area contributed by atoms with Gasteiger partial charge in [-0.2, -0.15) is 0 Å². The van der Waals surface area contributed by atoms with E-state index in [2.05, 4.69) is 24.2 Å². The second kappa shape index (κ2) is 7.99. The molecule has 0 aromatic carbocycles. The van der Waals surface area contributed by atoms with Crippen molar-refractivity contribution in [3.05, 3.63) is 0 Å². The van der Waals surface area contributed by atoms with Crippen LogP contribution in [0, 0.1) is 0 Å². The number of nitrogens with zero attached hydrogens (tertiary/aromatic N) is 1. The Kier molecular flexibility index (Phi) is 6.85. The first-order chi connectivity index (χ1) is 7.36. The second-order valence-electron chi connectivity index (χ2n) is 3.71. The van der Waals surface area contributed by atoms with Gasteiger partial charge in [-0.05, 0) is 12.8 Å². The number of unbranched alkanes of at least 4 members (excludes halogenated alkanes) is 1. The lowest BCUT2D eigenvalue weighted by molar-refractivity contribution is 0.139. The zero-order valence-corrected chi connectivity index (χ0v) is 10.6.